The largest absolute Gasteiger partial charge is 0.397 e. The summed E-state index contributed by atoms with van der Waals surface area (Å²) >= 11 is 6.10. The van der Waals surface area contributed by atoms with E-state index in [2.05, 4.69) is 18.8 Å². The number of para-hydroxylation sites is 1. The van der Waals surface area contributed by atoms with E-state index in [9.17, 15) is 4.39 Å². The minimum absolute atomic E-state index is 0.161. The van der Waals surface area contributed by atoms with Crippen molar-refractivity contribution in [3.05, 3.63) is 47.2 Å². The Bertz CT molecular complexity index is 824. The monoisotopic (exact) mass is 303 g/mol. The number of benzene rings is 2. The van der Waals surface area contributed by atoms with Gasteiger partial charge in [-0.15, -0.1) is 0 Å². The molecule has 0 saturated carbocycles. The SMILES string of the molecule is CC(C)n1c(-c2cccc(Cl)c2N)nc2cc(F)ccc21. The summed E-state index contributed by atoms with van der Waals surface area (Å²) < 4.78 is 15.5. The number of hydrogen-bond donors (Lipinski definition) is 1. The first-order chi connectivity index (χ1) is 9.99. The highest BCUT2D eigenvalue weighted by Crippen LogP contribution is 2.34. The molecule has 0 aliphatic rings. The minimum atomic E-state index is -0.304. The molecule has 108 valence electrons. The smallest absolute Gasteiger partial charge is 0.143 e. The first-order valence-corrected chi connectivity index (χ1v) is 7.08. The fraction of sp³-hybridized carbons (Fsp3) is 0.188. The van der Waals surface area contributed by atoms with Gasteiger partial charge in [-0.3, -0.25) is 0 Å². The summed E-state index contributed by atoms with van der Waals surface area (Å²) in [6, 6.07) is 10.2. The van der Waals surface area contributed by atoms with Crippen molar-refractivity contribution >= 4 is 28.3 Å². The zero-order valence-electron chi connectivity index (χ0n) is 11.8. The molecule has 0 aliphatic heterocycles. The van der Waals surface area contributed by atoms with Gasteiger partial charge >= 0.3 is 0 Å². The number of imidazole rings is 1. The van der Waals surface area contributed by atoms with Gasteiger partial charge in [-0.1, -0.05) is 17.7 Å². The van der Waals surface area contributed by atoms with Gasteiger partial charge in [0.25, 0.3) is 0 Å². The van der Waals surface area contributed by atoms with E-state index in [0.29, 0.717) is 22.1 Å². The molecule has 3 rings (SSSR count). The van der Waals surface area contributed by atoms with Crippen molar-refractivity contribution in [2.45, 2.75) is 19.9 Å². The Kier molecular flexibility index (Phi) is 3.33. The highest BCUT2D eigenvalue weighted by atomic mass is 35.5. The number of anilines is 1. The summed E-state index contributed by atoms with van der Waals surface area (Å²) in [5, 5.41) is 0.487. The van der Waals surface area contributed by atoms with Gasteiger partial charge in [-0.05, 0) is 38.1 Å². The number of nitrogens with two attached hydrogens (primary N) is 1. The number of fused-ring (bicyclic) bond motifs is 1. The van der Waals surface area contributed by atoms with Crippen molar-refractivity contribution in [1.82, 2.24) is 9.55 Å². The summed E-state index contributed by atoms with van der Waals surface area (Å²) in [6.45, 7) is 4.10. The van der Waals surface area contributed by atoms with Crippen molar-refractivity contribution < 1.29 is 4.39 Å². The number of nitrogen functional groups attached to an aromatic ring is 1. The molecular formula is C16H15ClFN3. The number of hydrogen-bond acceptors (Lipinski definition) is 2. The van der Waals surface area contributed by atoms with Gasteiger partial charge in [-0.25, -0.2) is 9.37 Å². The van der Waals surface area contributed by atoms with Gasteiger partial charge < -0.3 is 10.3 Å². The molecule has 0 fully saturated rings. The number of nitrogens with zero attached hydrogens (tertiary/aromatic N) is 2. The summed E-state index contributed by atoms with van der Waals surface area (Å²) in [5.41, 5.74) is 8.80. The fourth-order valence-electron chi connectivity index (χ4n) is 2.52. The molecule has 2 N–H and O–H groups in total. The molecule has 0 unspecified atom stereocenters. The van der Waals surface area contributed by atoms with Gasteiger partial charge in [0.15, 0.2) is 0 Å². The van der Waals surface area contributed by atoms with Crippen LogP contribution in [0.15, 0.2) is 36.4 Å². The maximum Gasteiger partial charge on any atom is 0.143 e. The van der Waals surface area contributed by atoms with Crippen molar-refractivity contribution in [2.75, 3.05) is 5.73 Å². The molecule has 21 heavy (non-hydrogen) atoms. The lowest BCUT2D eigenvalue weighted by molar-refractivity contribution is 0.620. The van der Waals surface area contributed by atoms with Crippen molar-refractivity contribution in [3.63, 3.8) is 0 Å². The zero-order valence-corrected chi connectivity index (χ0v) is 12.5. The summed E-state index contributed by atoms with van der Waals surface area (Å²) in [6.07, 6.45) is 0. The van der Waals surface area contributed by atoms with Crippen LogP contribution >= 0.6 is 11.6 Å². The molecule has 3 aromatic rings. The van der Waals surface area contributed by atoms with E-state index in [1.807, 2.05) is 16.7 Å². The Balaban J connectivity index is 2.36. The second-order valence-electron chi connectivity index (χ2n) is 5.23. The predicted molar refractivity (Wildman–Crippen MR) is 84.9 cm³/mol. The molecule has 1 aromatic heterocycles. The Hall–Kier alpha value is -2.07. The molecule has 0 atom stereocenters. The van der Waals surface area contributed by atoms with Gasteiger partial charge in [0.2, 0.25) is 0 Å². The topological polar surface area (TPSA) is 43.8 Å². The second kappa shape index (κ2) is 5.04. The molecule has 5 heteroatoms. The van der Waals surface area contributed by atoms with Crippen LogP contribution in [0.5, 0.6) is 0 Å². The lowest BCUT2D eigenvalue weighted by Gasteiger charge is -2.14. The lowest BCUT2D eigenvalue weighted by Crippen LogP contribution is -2.04. The van der Waals surface area contributed by atoms with E-state index in [4.69, 9.17) is 17.3 Å². The Morgan fingerprint density at radius 1 is 1.24 bits per heavy atom. The summed E-state index contributed by atoms with van der Waals surface area (Å²) in [7, 11) is 0. The molecule has 0 radical (unpaired) electrons. The molecule has 2 aromatic carbocycles. The van der Waals surface area contributed by atoms with Crippen molar-refractivity contribution in [1.29, 1.82) is 0 Å². The molecule has 0 aliphatic carbocycles. The molecule has 0 saturated heterocycles. The number of halogens is 2. The molecular weight excluding hydrogens is 289 g/mol. The maximum absolute atomic E-state index is 13.4. The van der Waals surface area contributed by atoms with Gasteiger partial charge in [0, 0.05) is 17.7 Å². The van der Waals surface area contributed by atoms with Crippen LogP contribution in [0.2, 0.25) is 5.02 Å². The van der Waals surface area contributed by atoms with Crippen LogP contribution in [-0.2, 0) is 0 Å². The van der Waals surface area contributed by atoms with E-state index >= 15 is 0 Å². The van der Waals surface area contributed by atoms with Crippen LogP contribution in [0, 0.1) is 5.82 Å². The summed E-state index contributed by atoms with van der Waals surface area (Å²) in [5.74, 6) is 0.395. The van der Waals surface area contributed by atoms with E-state index < -0.39 is 0 Å². The Morgan fingerprint density at radius 3 is 2.71 bits per heavy atom. The third-order valence-electron chi connectivity index (χ3n) is 3.46. The average molecular weight is 304 g/mol. The van der Waals surface area contributed by atoms with Crippen LogP contribution in [-0.4, -0.2) is 9.55 Å². The standard InChI is InChI=1S/C16H15ClFN3/c1-9(2)21-14-7-6-10(18)8-13(14)20-16(21)11-4-3-5-12(17)15(11)19/h3-9H,19H2,1-2H3. The van der Waals surface area contributed by atoms with Crippen LogP contribution in [0.4, 0.5) is 10.1 Å². The van der Waals surface area contributed by atoms with Crippen LogP contribution in [0.1, 0.15) is 19.9 Å². The highest BCUT2D eigenvalue weighted by Gasteiger charge is 2.18. The van der Waals surface area contributed by atoms with Crippen LogP contribution in [0.3, 0.4) is 0 Å². The Labute approximate surface area is 127 Å². The highest BCUT2D eigenvalue weighted by molar-refractivity contribution is 6.33. The third-order valence-corrected chi connectivity index (χ3v) is 3.79. The van der Waals surface area contributed by atoms with E-state index in [0.717, 1.165) is 11.1 Å². The summed E-state index contributed by atoms with van der Waals surface area (Å²) in [4.78, 5) is 4.55. The van der Waals surface area contributed by atoms with Crippen LogP contribution in [0.25, 0.3) is 22.4 Å². The minimum Gasteiger partial charge on any atom is -0.397 e. The van der Waals surface area contributed by atoms with Gasteiger partial charge in [0.05, 0.1) is 21.7 Å². The van der Waals surface area contributed by atoms with Gasteiger partial charge in [-0.2, -0.15) is 0 Å². The fourth-order valence-corrected chi connectivity index (χ4v) is 2.69. The Morgan fingerprint density at radius 2 is 2.00 bits per heavy atom. The average Bonchev–Trinajstić information content (AvgIpc) is 2.80. The van der Waals surface area contributed by atoms with Crippen molar-refractivity contribution in [2.24, 2.45) is 0 Å². The molecule has 3 nitrogen and oxygen atoms in total. The third kappa shape index (κ3) is 2.25. The normalized spacial score (nSPS) is 11.5. The number of rotatable bonds is 2. The first-order valence-electron chi connectivity index (χ1n) is 6.71. The quantitative estimate of drug-likeness (QED) is 0.700. The van der Waals surface area contributed by atoms with E-state index in [1.165, 1.54) is 12.1 Å². The zero-order chi connectivity index (χ0) is 15.1. The van der Waals surface area contributed by atoms with Crippen LogP contribution < -0.4 is 5.73 Å². The molecule has 1 heterocycles. The lowest BCUT2D eigenvalue weighted by atomic mass is 10.1. The number of aromatic nitrogens is 2. The van der Waals surface area contributed by atoms with E-state index in [1.54, 1.807) is 12.1 Å². The van der Waals surface area contributed by atoms with Gasteiger partial charge in [0.1, 0.15) is 11.6 Å². The maximum atomic E-state index is 13.4. The second-order valence-corrected chi connectivity index (χ2v) is 5.64. The molecule has 0 bridgehead atoms. The molecule has 0 spiro atoms. The van der Waals surface area contributed by atoms with Crippen molar-refractivity contribution in [3.8, 4) is 11.4 Å². The van der Waals surface area contributed by atoms with E-state index in [-0.39, 0.29) is 11.9 Å². The predicted octanol–water partition coefficient (Wildman–Crippen LogP) is 4.66. The first kappa shape index (κ1) is 13.9. The molecule has 0 amide bonds.